The number of carbonyl (C=O) groups is 1. The molecule has 2 aromatic rings. The fourth-order valence-corrected chi connectivity index (χ4v) is 3.07. The highest BCUT2D eigenvalue weighted by Gasteiger charge is 2.45. The summed E-state index contributed by atoms with van der Waals surface area (Å²) in [6.45, 7) is 0. The maximum absolute atomic E-state index is 12.8. The molecule has 1 N–H and O–H groups in total. The van der Waals surface area contributed by atoms with E-state index in [1.807, 2.05) is 30.3 Å². The third kappa shape index (κ3) is 3.19. The number of rotatable bonds is 3. The van der Waals surface area contributed by atoms with Crippen LogP contribution in [0.5, 0.6) is 0 Å². The molecule has 0 heterocycles. The minimum absolute atomic E-state index is 0.275. The van der Waals surface area contributed by atoms with Crippen LogP contribution in [0.3, 0.4) is 0 Å². The monoisotopic (exact) mass is 365 g/mol. The largest absolute Gasteiger partial charge is 0.349 e. The van der Waals surface area contributed by atoms with Crippen molar-refractivity contribution in [2.24, 2.45) is 0 Å². The van der Waals surface area contributed by atoms with E-state index >= 15 is 0 Å². The first-order valence-corrected chi connectivity index (χ1v) is 7.78. The van der Waals surface area contributed by atoms with Crippen molar-refractivity contribution >= 4 is 21.8 Å². The molecule has 0 atom stereocenters. The number of hydrogen-bond acceptors (Lipinski definition) is 1. The molecule has 0 aliphatic heterocycles. The molecule has 114 valence electrons. The van der Waals surface area contributed by atoms with Crippen LogP contribution in [0.1, 0.15) is 23.2 Å². The van der Waals surface area contributed by atoms with Crippen molar-refractivity contribution in [2.45, 2.75) is 24.8 Å². The van der Waals surface area contributed by atoms with Crippen LogP contribution in [0, 0.1) is 0 Å². The molecule has 0 spiro atoms. The molecule has 0 bridgehead atoms. The second kappa shape index (κ2) is 5.80. The molecule has 3 rings (SSSR count). The van der Waals surface area contributed by atoms with Gasteiger partial charge < -0.3 is 5.32 Å². The summed E-state index contributed by atoms with van der Waals surface area (Å²) in [6, 6.07) is 14.4. The van der Waals surface area contributed by atoms with E-state index in [-0.39, 0.29) is 18.7 Å². The Bertz CT molecular complexity index is 709. The van der Waals surface area contributed by atoms with Gasteiger partial charge in [0.05, 0.1) is 0 Å². The Labute approximate surface area is 135 Å². The van der Waals surface area contributed by atoms with Gasteiger partial charge in [0.25, 0.3) is 11.8 Å². The van der Waals surface area contributed by atoms with Crippen molar-refractivity contribution in [1.29, 1.82) is 0 Å². The van der Waals surface area contributed by atoms with Gasteiger partial charge in [-0.15, -0.1) is 0 Å². The van der Waals surface area contributed by atoms with Crippen LogP contribution in [0.25, 0.3) is 11.1 Å². The Kier molecular flexibility index (Phi) is 4.00. The number of nitrogens with one attached hydrogen (secondary N) is 1. The lowest BCUT2D eigenvalue weighted by Gasteiger charge is -2.35. The zero-order valence-electron chi connectivity index (χ0n) is 11.7. The van der Waals surface area contributed by atoms with E-state index < -0.39 is 12.0 Å². The van der Waals surface area contributed by atoms with Gasteiger partial charge >= 0.3 is 0 Å². The highest BCUT2D eigenvalue weighted by molar-refractivity contribution is 9.10. The second-order valence-electron chi connectivity index (χ2n) is 5.50. The van der Waals surface area contributed by atoms with Crippen molar-refractivity contribution in [1.82, 2.24) is 5.32 Å². The molecule has 0 radical (unpaired) electrons. The summed E-state index contributed by atoms with van der Waals surface area (Å²) in [4.78, 5) is 12.2. The fourth-order valence-electron chi connectivity index (χ4n) is 2.56. The molecular formula is C17H14BrF2NO. The third-order valence-electron chi connectivity index (χ3n) is 3.73. The lowest BCUT2D eigenvalue weighted by Crippen LogP contribution is -2.50. The van der Waals surface area contributed by atoms with Crippen molar-refractivity contribution in [3.63, 3.8) is 0 Å². The normalized spacial score (nSPS) is 16.9. The Morgan fingerprint density at radius 2 is 1.86 bits per heavy atom. The number of hydrogen-bond donors (Lipinski definition) is 1. The Hall–Kier alpha value is -1.75. The fraction of sp³-hybridized carbons (Fsp3) is 0.235. The van der Waals surface area contributed by atoms with Gasteiger partial charge in [-0.2, -0.15) is 0 Å². The minimum atomic E-state index is -2.63. The van der Waals surface area contributed by atoms with Gasteiger partial charge in [0.1, 0.15) is 0 Å². The van der Waals surface area contributed by atoms with Gasteiger partial charge in [0.15, 0.2) is 0 Å². The minimum Gasteiger partial charge on any atom is -0.349 e. The van der Waals surface area contributed by atoms with Crippen LogP contribution < -0.4 is 5.32 Å². The van der Waals surface area contributed by atoms with Gasteiger partial charge in [0, 0.05) is 28.9 Å². The first-order valence-electron chi connectivity index (χ1n) is 6.98. The smallest absolute Gasteiger partial charge is 0.252 e. The molecule has 1 aliphatic rings. The Morgan fingerprint density at radius 1 is 1.14 bits per heavy atom. The van der Waals surface area contributed by atoms with E-state index in [0.717, 1.165) is 15.6 Å². The van der Waals surface area contributed by atoms with E-state index in [1.54, 1.807) is 18.2 Å². The molecule has 0 aromatic heterocycles. The zero-order chi connectivity index (χ0) is 15.7. The predicted octanol–water partition coefficient (Wildman–Crippen LogP) is 4.64. The van der Waals surface area contributed by atoms with E-state index in [9.17, 15) is 13.6 Å². The molecule has 2 aromatic carbocycles. The molecule has 0 unspecified atom stereocenters. The van der Waals surface area contributed by atoms with Crippen molar-refractivity contribution in [3.05, 3.63) is 58.6 Å². The average molecular weight is 366 g/mol. The number of benzene rings is 2. The SMILES string of the molecule is O=C(NC1CC(F)(F)C1)c1cccc(-c2ccccc2Br)c1. The quantitative estimate of drug-likeness (QED) is 0.842. The van der Waals surface area contributed by atoms with E-state index in [1.165, 1.54) is 0 Å². The van der Waals surface area contributed by atoms with Gasteiger partial charge in [0.2, 0.25) is 0 Å². The van der Waals surface area contributed by atoms with Gasteiger partial charge in [-0.25, -0.2) is 8.78 Å². The first-order chi connectivity index (χ1) is 10.4. The summed E-state index contributed by atoms with van der Waals surface area (Å²) in [5, 5.41) is 2.65. The standard InChI is InChI=1S/C17H14BrF2NO/c18-15-7-2-1-6-14(15)11-4-3-5-12(8-11)16(22)21-13-9-17(19,20)10-13/h1-8,13H,9-10H2,(H,21,22). The first kappa shape index (κ1) is 15.2. The third-order valence-corrected chi connectivity index (χ3v) is 4.43. The summed E-state index contributed by atoms with van der Waals surface area (Å²) >= 11 is 3.48. The molecule has 22 heavy (non-hydrogen) atoms. The molecule has 1 fully saturated rings. The summed E-state index contributed by atoms with van der Waals surface area (Å²) < 4.78 is 26.6. The van der Waals surface area contributed by atoms with Gasteiger partial charge in [-0.05, 0) is 29.3 Å². The Morgan fingerprint density at radius 3 is 2.55 bits per heavy atom. The molecule has 5 heteroatoms. The van der Waals surface area contributed by atoms with Gasteiger partial charge in [-0.3, -0.25) is 4.79 Å². The molecule has 2 nitrogen and oxygen atoms in total. The topological polar surface area (TPSA) is 29.1 Å². The van der Waals surface area contributed by atoms with Crippen LogP contribution in [0.4, 0.5) is 8.78 Å². The number of alkyl halides is 2. The molecular weight excluding hydrogens is 352 g/mol. The van der Waals surface area contributed by atoms with Crippen molar-refractivity contribution in [3.8, 4) is 11.1 Å². The molecule has 1 aliphatic carbocycles. The van der Waals surface area contributed by atoms with E-state index in [4.69, 9.17) is 0 Å². The van der Waals surface area contributed by atoms with Crippen LogP contribution in [0.2, 0.25) is 0 Å². The maximum atomic E-state index is 12.8. The van der Waals surface area contributed by atoms with Crippen LogP contribution >= 0.6 is 15.9 Å². The summed E-state index contributed by atoms with van der Waals surface area (Å²) in [5.74, 6) is -2.94. The highest BCUT2D eigenvalue weighted by atomic mass is 79.9. The number of amides is 1. The highest BCUT2D eigenvalue weighted by Crippen LogP contribution is 2.37. The van der Waals surface area contributed by atoms with Crippen molar-refractivity contribution < 1.29 is 13.6 Å². The average Bonchev–Trinajstić information content (AvgIpc) is 2.46. The number of carbonyl (C=O) groups excluding carboxylic acids is 1. The summed E-state index contributed by atoms with van der Waals surface area (Å²) in [6.07, 6.45) is -0.550. The van der Waals surface area contributed by atoms with Crippen LogP contribution in [-0.2, 0) is 0 Å². The maximum Gasteiger partial charge on any atom is 0.252 e. The zero-order valence-corrected chi connectivity index (χ0v) is 13.2. The van der Waals surface area contributed by atoms with Gasteiger partial charge in [-0.1, -0.05) is 46.3 Å². The lowest BCUT2D eigenvalue weighted by molar-refractivity contribution is -0.0901. The lowest BCUT2D eigenvalue weighted by atomic mass is 9.88. The molecule has 1 saturated carbocycles. The van der Waals surface area contributed by atoms with E-state index in [0.29, 0.717) is 5.56 Å². The Balaban J connectivity index is 1.77. The summed E-state index contributed by atoms with van der Waals surface area (Å²) in [7, 11) is 0. The van der Waals surface area contributed by atoms with E-state index in [2.05, 4.69) is 21.2 Å². The molecule has 0 saturated heterocycles. The predicted molar refractivity (Wildman–Crippen MR) is 85.0 cm³/mol. The number of halogens is 3. The van der Waals surface area contributed by atoms with Crippen LogP contribution in [-0.4, -0.2) is 17.9 Å². The molecule has 1 amide bonds. The second-order valence-corrected chi connectivity index (χ2v) is 6.35. The van der Waals surface area contributed by atoms with Crippen LogP contribution in [0.15, 0.2) is 53.0 Å². The van der Waals surface area contributed by atoms with Crippen molar-refractivity contribution in [2.75, 3.05) is 0 Å². The summed E-state index contributed by atoms with van der Waals surface area (Å²) in [5.41, 5.74) is 2.36.